The third kappa shape index (κ3) is 4.52. The SMILES string of the molecule is OC1CCSc2cc(OCc3ccc(C(F)(F)F)cc3C(F)(F)F)ccc21. The van der Waals surface area contributed by atoms with Crippen LogP contribution >= 0.6 is 11.8 Å². The van der Waals surface area contributed by atoms with Gasteiger partial charge in [-0.2, -0.15) is 26.3 Å². The molecule has 3 rings (SSSR count). The van der Waals surface area contributed by atoms with E-state index in [1.54, 1.807) is 12.1 Å². The van der Waals surface area contributed by atoms with Crippen molar-refractivity contribution in [2.24, 2.45) is 0 Å². The molecule has 2 nitrogen and oxygen atoms in total. The molecule has 0 saturated heterocycles. The number of halogens is 6. The quantitative estimate of drug-likeness (QED) is 0.648. The highest BCUT2D eigenvalue weighted by Gasteiger charge is 2.38. The number of hydrogen-bond acceptors (Lipinski definition) is 3. The molecule has 146 valence electrons. The largest absolute Gasteiger partial charge is 0.489 e. The highest BCUT2D eigenvalue weighted by molar-refractivity contribution is 7.99. The van der Waals surface area contributed by atoms with E-state index in [0.717, 1.165) is 16.5 Å². The maximum absolute atomic E-state index is 13.2. The Morgan fingerprint density at radius 3 is 2.41 bits per heavy atom. The lowest BCUT2D eigenvalue weighted by Crippen LogP contribution is -2.14. The van der Waals surface area contributed by atoms with E-state index in [1.165, 1.54) is 17.8 Å². The molecule has 0 bridgehead atoms. The lowest BCUT2D eigenvalue weighted by atomic mass is 10.0. The summed E-state index contributed by atoms with van der Waals surface area (Å²) in [6.07, 6.45) is -9.79. The second-order valence-corrected chi connectivity index (χ2v) is 7.15. The van der Waals surface area contributed by atoms with Gasteiger partial charge in [-0.05, 0) is 36.2 Å². The van der Waals surface area contributed by atoms with Gasteiger partial charge in [-0.25, -0.2) is 0 Å². The number of alkyl halides is 6. The van der Waals surface area contributed by atoms with Crippen LogP contribution in [0.2, 0.25) is 0 Å². The molecule has 27 heavy (non-hydrogen) atoms. The number of hydrogen-bond donors (Lipinski definition) is 1. The van der Waals surface area contributed by atoms with E-state index < -0.39 is 36.2 Å². The van der Waals surface area contributed by atoms with E-state index in [0.29, 0.717) is 18.2 Å². The molecule has 0 radical (unpaired) electrons. The van der Waals surface area contributed by atoms with Crippen molar-refractivity contribution in [2.75, 3.05) is 5.75 Å². The summed E-state index contributed by atoms with van der Waals surface area (Å²) in [6, 6.07) is 6.25. The van der Waals surface area contributed by atoms with Gasteiger partial charge < -0.3 is 9.84 Å². The molecular formula is C18H14F6O2S. The Morgan fingerprint density at radius 2 is 1.74 bits per heavy atom. The van der Waals surface area contributed by atoms with Gasteiger partial charge in [-0.15, -0.1) is 11.8 Å². The number of benzene rings is 2. The van der Waals surface area contributed by atoms with Crippen molar-refractivity contribution in [2.45, 2.75) is 36.4 Å². The summed E-state index contributed by atoms with van der Waals surface area (Å²) in [5, 5.41) is 9.91. The summed E-state index contributed by atoms with van der Waals surface area (Å²) < 4.78 is 83.0. The Labute approximate surface area is 155 Å². The van der Waals surface area contributed by atoms with Crippen LogP contribution in [0.15, 0.2) is 41.3 Å². The molecule has 2 aromatic carbocycles. The van der Waals surface area contributed by atoms with Gasteiger partial charge in [0.25, 0.3) is 0 Å². The molecule has 0 amide bonds. The lowest BCUT2D eigenvalue weighted by molar-refractivity contribution is -0.143. The molecule has 0 saturated carbocycles. The molecule has 0 fully saturated rings. The van der Waals surface area contributed by atoms with Crippen LogP contribution in [0.5, 0.6) is 5.75 Å². The van der Waals surface area contributed by atoms with Crippen molar-refractivity contribution in [1.29, 1.82) is 0 Å². The number of aliphatic hydroxyl groups excluding tert-OH is 1. The second kappa shape index (κ2) is 7.27. The molecule has 2 aromatic rings. The number of rotatable bonds is 3. The molecule has 9 heteroatoms. The monoisotopic (exact) mass is 408 g/mol. The highest BCUT2D eigenvalue weighted by Crippen LogP contribution is 2.39. The van der Waals surface area contributed by atoms with E-state index >= 15 is 0 Å². The van der Waals surface area contributed by atoms with Crippen LogP contribution in [0.25, 0.3) is 0 Å². The third-order valence-corrected chi connectivity index (χ3v) is 5.23. The smallest absolute Gasteiger partial charge is 0.416 e. The fraction of sp³-hybridized carbons (Fsp3) is 0.333. The van der Waals surface area contributed by atoms with Gasteiger partial charge in [0, 0.05) is 16.2 Å². The molecule has 0 aromatic heterocycles. The molecule has 1 aliphatic rings. The molecule has 1 unspecified atom stereocenters. The zero-order valence-corrected chi connectivity index (χ0v) is 14.5. The van der Waals surface area contributed by atoms with Gasteiger partial charge in [0.2, 0.25) is 0 Å². The van der Waals surface area contributed by atoms with Crippen LogP contribution in [-0.2, 0) is 19.0 Å². The Balaban J connectivity index is 1.84. The first kappa shape index (κ1) is 19.9. The van der Waals surface area contributed by atoms with Gasteiger partial charge in [0.05, 0.1) is 17.2 Å². The van der Waals surface area contributed by atoms with Crippen LogP contribution in [0.1, 0.15) is 34.8 Å². The molecule has 0 aliphatic carbocycles. The van der Waals surface area contributed by atoms with E-state index in [-0.39, 0.29) is 17.4 Å². The van der Waals surface area contributed by atoms with Crippen LogP contribution in [-0.4, -0.2) is 10.9 Å². The Kier molecular flexibility index (Phi) is 5.36. The molecular weight excluding hydrogens is 394 g/mol. The summed E-state index contributed by atoms with van der Waals surface area (Å²) in [6.45, 7) is -0.529. The average molecular weight is 408 g/mol. The first-order chi connectivity index (χ1) is 12.6. The van der Waals surface area contributed by atoms with E-state index in [9.17, 15) is 31.4 Å². The molecule has 1 N–H and O–H groups in total. The predicted molar refractivity (Wildman–Crippen MR) is 87.5 cm³/mol. The van der Waals surface area contributed by atoms with Crippen molar-refractivity contribution < 1.29 is 36.2 Å². The first-order valence-electron chi connectivity index (χ1n) is 7.90. The standard InChI is InChI=1S/C18H14F6O2S/c19-17(20,21)11-2-1-10(14(7-11)18(22,23)24)9-26-12-3-4-13-15(25)5-6-27-16(13)8-12/h1-4,7-8,15,25H,5-6,9H2. The van der Waals surface area contributed by atoms with Crippen LogP contribution in [0.3, 0.4) is 0 Å². The summed E-state index contributed by atoms with van der Waals surface area (Å²) in [5.41, 5.74) is -2.40. The maximum atomic E-state index is 13.2. The minimum Gasteiger partial charge on any atom is -0.489 e. The minimum atomic E-state index is -4.93. The first-order valence-corrected chi connectivity index (χ1v) is 8.89. The van der Waals surface area contributed by atoms with Crippen molar-refractivity contribution in [3.8, 4) is 5.75 Å². The zero-order chi connectivity index (χ0) is 19.8. The van der Waals surface area contributed by atoms with Crippen molar-refractivity contribution in [3.63, 3.8) is 0 Å². The van der Waals surface area contributed by atoms with Crippen LogP contribution in [0, 0.1) is 0 Å². The number of thioether (sulfide) groups is 1. The Bertz CT molecular complexity index is 832. The van der Waals surface area contributed by atoms with Crippen LogP contribution < -0.4 is 4.74 Å². The summed E-state index contributed by atoms with van der Waals surface area (Å²) in [7, 11) is 0. The van der Waals surface area contributed by atoms with Gasteiger partial charge in [-0.3, -0.25) is 0 Å². The van der Waals surface area contributed by atoms with Gasteiger partial charge in [0.1, 0.15) is 12.4 Å². The van der Waals surface area contributed by atoms with Crippen LogP contribution in [0.4, 0.5) is 26.3 Å². The van der Waals surface area contributed by atoms with Gasteiger partial charge >= 0.3 is 12.4 Å². The number of fused-ring (bicyclic) bond motifs is 1. The fourth-order valence-electron chi connectivity index (χ4n) is 2.74. The third-order valence-electron chi connectivity index (χ3n) is 4.13. The van der Waals surface area contributed by atoms with Gasteiger partial charge in [-0.1, -0.05) is 12.1 Å². The topological polar surface area (TPSA) is 29.5 Å². The Morgan fingerprint density at radius 1 is 1.00 bits per heavy atom. The van der Waals surface area contributed by atoms with E-state index in [4.69, 9.17) is 4.74 Å². The maximum Gasteiger partial charge on any atom is 0.416 e. The predicted octanol–water partition coefficient (Wildman–Crippen LogP) is 5.83. The summed E-state index contributed by atoms with van der Waals surface area (Å²) in [4.78, 5) is 0.773. The van der Waals surface area contributed by atoms with Crippen molar-refractivity contribution in [3.05, 3.63) is 58.7 Å². The average Bonchev–Trinajstić information content (AvgIpc) is 2.58. The fourth-order valence-corrected chi connectivity index (χ4v) is 3.88. The van der Waals surface area contributed by atoms with E-state index in [1.807, 2.05) is 0 Å². The van der Waals surface area contributed by atoms with E-state index in [2.05, 4.69) is 0 Å². The second-order valence-electron chi connectivity index (χ2n) is 6.01. The van der Waals surface area contributed by atoms with Crippen molar-refractivity contribution in [1.82, 2.24) is 0 Å². The summed E-state index contributed by atoms with van der Waals surface area (Å²) in [5.74, 6) is 0.984. The molecule has 1 aliphatic heterocycles. The van der Waals surface area contributed by atoms with Crippen molar-refractivity contribution >= 4 is 11.8 Å². The summed E-state index contributed by atoms with van der Waals surface area (Å²) >= 11 is 1.50. The van der Waals surface area contributed by atoms with Gasteiger partial charge in [0.15, 0.2) is 0 Å². The number of aliphatic hydroxyl groups is 1. The Hall–Kier alpha value is -1.87. The normalized spacial score (nSPS) is 17.5. The molecule has 1 atom stereocenters. The zero-order valence-electron chi connectivity index (χ0n) is 13.7. The molecule has 1 heterocycles. The lowest BCUT2D eigenvalue weighted by Gasteiger charge is -2.21. The highest BCUT2D eigenvalue weighted by atomic mass is 32.2. The molecule has 0 spiro atoms. The minimum absolute atomic E-state index is 0.0950. The number of ether oxygens (including phenoxy) is 1.